The monoisotopic (exact) mass is 546 g/mol. The predicted octanol–water partition coefficient (Wildman–Crippen LogP) is 5.66. The molecule has 3 aliphatic carbocycles. The summed E-state index contributed by atoms with van der Waals surface area (Å²) in [5.41, 5.74) is -0.386. The summed E-state index contributed by atoms with van der Waals surface area (Å²) in [6.07, 6.45) is 8.92. The van der Waals surface area contributed by atoms with E-state index in [1.54, 1.807) is 19.1 Å². The molecule has 6 rings (SSSR count). The highest BCUT2D eigenvalue weighted by molar-refractivity contribution is 6.18. The van der Waals surface area contributed by atoms with Crippen molar-refractivity contribution in [2.45, 2.75) is 91.0 Å². The number of Topliss-reactive ketones (excluding diaryl/α,β-unsaturated/α-hetero) is 2. The lowest BCUT2D eigenvalue weighted by Gasteiger charge is -2.56. The molecule has 2 N–H and O–H groups in total. The molecule has 1 spiro atoms. The molecule has 1 aromatic carbocycles. The fraction of sp³-hybridized carbons (Fsp3) is 0.485. The number of benzene rings is 1. The molecule has 0 amide bonds. The van der Waals surface area contributed by atoms with Crippen molar-refractivity contribution in [2.24, 2.45) is 11.8 Å². The lowest BCUT2D eigenvalue weighted by molar-refractivity contribution is -0.171. The number of ether oxygens (including phenoxy) is 2. The minimum absolute atomic E-state index is 0.0101. The van der Waals surface area contributed by atoms with Crippen LogP contribution in [-0.4, -0.2) is 44.9 Å². The SMILES string of the molecule is CC(C)=CCc1c(O)c(CC=C(C)C)c2c(c1O)C(=O)C1=C[C@@H]3CC4C(C)(C)O[C@](C/C=C(\C)C=O)(C3=O)[C@]14O2. The maximum Gasteiger partial charge on any atom is 0.200 e. The maximum atomic E-state index is 14.5. The van der Waals surface area contributed by atoms with Gasteiger partial charge in [-0.1, -0.05) is 35.5 Å². The Bertz CT molecular complexity index is 1460. The zero-order valence-corrected chi connectivity index (χ0v) is 24.3. The van der Waals surface area contributed by atoms with E-state index in [1.165, 1.54) is 0 Å². The van der Waals surface area contributed by atoms with Gasteiger partial charge in [0.15, 0.2) is 22.8 Å². The first-order valence-corrected chi connectivity index (χ1v) is 13.9. The number of phenolic OH excluding ortho intramolecular Hbond substituents is 2. The lowest BCUT2D eigenvalue weighted by atomic mass is 9.51. The van der Waals surface area contributed by atoms with Gasteiger partial charge in [-0.2, -0.15) is 0 Å². The van der Waals surface area contributed by atoms with Crippen LogP contribution in [0.5, 0.6) is 17.2 Å². The Hall–Kier alpha value is -3.45. The highest BCUT2D eigenvalue weighted by atomic mass is 16.6. The van der Waals surface area contributed by atoms with Gasteiger partial charge >= 0.3 is 0 Å². The molecule has 40 heavy (non-hydrogen) atoms. The predicted molar refractivity (Wildman–Crippen MR) is 151 cm³/mol. The van der Waals surface area contributed by atoms with Gasteiger partial charge < -0.3 is 19.7 Å². The van der Waals surface area contributed by atoms with Gasteiger partial charge in [0.25, 0.3) is 0 Å². The van der Waals surface area contributed by atoms with Crippen molar-refractivity contribution in [1.29, 1.82) is 0 Å². The van der Waals surface area contributed by atoms with E-state index in [1.807, 2.05) is 53.7 Å². The zero-order valence-electron chi connectivity index (χ0n) is 24.3. The van der Waals surface area contributed by atoms with E-state index in [0.29, 0.717) is 23.1 Å². The minimum Gasteiger partial charge on any atom is -0.507 e. The van der Waals surface area contributed by atoms with E-state index < -0.39 is 28.5 Å². The normalized spacial score (nSPS) is 29.3. The van der Waals surface area contributed by atoms with Crippen LogP contribution in [0.2, 0.25) is 0 Å². The Morgan fingerprint density at radius 1 is 0.975 bits per heavy atom. The molecule has 1 saturated carbocycles. The number of allylic oxidation sites excluding steroid dienone is 6. The molecular weight excluding hydrogens is 508 g/mol. The first-order chi connectivity index (χ1) is 18.7. The fourth-order valence-electron chi connectivity index (χ4n) is 7.11. The fourth-order valence-corrected chi connectivity index (χ4v) is 7.11. The summed E-state index contributed by atoms with van der Waals surface area (Å²) < 4.78 is 13.6. The van der Waals surface area contributed by atoms with Gasteiger partial charge in [-0.05, 0) is 73.3 Å². The average molecular weight is 547 g/mol. The van der Waals surface area contributed by atoms with Gasteiger partial charge in [-0.25, -0.2) is 0 Å². The summed E-state index contributed by atoms with van der Waals surface area (Å²) in [4.78, 5) is 40.0. The number of hydrogen-bond donors (Lipinski definition) is 2. The molecule has 2 fully saturated rings. The third-order valence-electron chi connectivity index (χ3n) is 9.02. The molecule has 1 saturated heterocycles. The first kappa shape index (κ1) is 28.1. The van der Waals surface area contributed by atoms with Crippen molar-refractivity contribution < 1.29 is 34.1 Å². The van der Waals surface area contributed by atoms with Crippen LogP contribution in [0.3, 0.4) is 0 Å². The second-order valence-electron chi connectivity index (χ2n) is 12.6. The number of fused-ring (bicyclic) bond motifs is 1. The smallest absolute Gasteiger partial charge is 0.200 e. The largest absolute Gasteiger partial charge is 0.507 e. The molecule has 1 aromatic rings. The molecule has 0 radical (unpaired) electrons. The van der Waals surface area contributed by atoms with Gasteiger partial charge in [-0.15, -0.1) is 0 Å². The Morgan fingerprint density at radius 2 is 1.60 bits per heavy atom. The molecule has 4 atom stereocenters. The summed E-state index contributed by atoms with van der Waals surface area (Å²) in [5, 5.41) is 23.0. The minimum atomic E-state index is -1.54. The highest BCUT2D eigenvalue weighted by Gasteiger charge is 2.81. The third-order valence-corrected chi connectivity index (χ3v) is 9.02. The van der Waals surface area contributed by atoms with E-state index in [9.17, 15) is 24.6 Å². The standard InChI is InChI=1S/C33H38O7/c1-17(2)8-10-21-26(35)22(11-9-18(3)4)29-25(27(21)36)28(37)23-14-20-15-24-31(6,7)40-32(30(20)38,33(23,24)39-29)13-12-19(5)16-34/h8-9,12,14,16,20,24,35-36H,10-11,13,15H2,1-7H3/b19-12+/t20-,24?,32-,33+/m1/s1. The average Bonchev–Trinajstić information content (AvgIpc) is 3.03. The second-order valence-corrected chi connectivity index (χ2v) is 12.6. The van der Waals surface area contributed by atoms with Crippen LogP contribution >= 0.6 is 0 Å². The van der Waals surface area contributed by atoms with Crippen molar-refractivity contribution in [3.8, 4) is 17.2 Å². The number of aldehydes is 1. The van der Waals surface area contributed by atoms with Crippen molar-refractivity contribution in [3.63, 3.8) is 0 Å². The summed E-state index contributed by atoms with van der Waals surface area (Å²) in [6, 6.07) is 0. The van der Waals surface area contributed by atoms with Crippen LogP contribution in [-0.2, 0) is 27.2 Å². The van der Waals surface area contributed by atoms with E-state index in [0.717, 1.165) is 17.4 Å². The second kappa shape index (κ2) is 9.30. The van der Waals surface area contributed by atoms with Crippen molar-refractivity contribution in [3.05, 3.63) is 63.3 Å². The summed E-state index contributed by atoms with van der Waals surface area (Å²) in [5.74, 6) is -1.83. The van der Waals surface area contributed by atoms with Gasteiger partial charge in [0.2, 0.25) is 0 Å². The molecular formula is C33H38O7. The van der Waals surface area contributed by atoms with Gasteiger partial charge in [0.05, 0.1) is 5.60 Å². The summed E-state index contributed by atoms with van der Waals surface area (Å²) in [6.45, 7) is 13.2. The van der Waals surface area contributed by atoms with Gasteiger partial charge in [-0.3, -0.25) is 14.4 Å². The third kappa shape index (κ3) is 3.70. The van der Waals surface area contributed by atoms with Crippen molar-refractivity contribution in [1.82, 2.24) is 0 Å². The molecule has 7 nitrogen and oxygen atoms in total. The highest BCUT2D eigenvalue weighted by Crippen LogP contribution is 2.68. The Labute approximate surface area is 235 Å². The number of hydrogen-bond acceptors (Lipinski definition) is 7. The van der Waals surface area contributed by atoms with Crippen LogP contribution in [0.25, 0.3) is 0 Å². The molecule has 4 bridgehead atoms. The van der Waals surface area contributed by atoms with Crippen LogP contribution in [0, 0.1) is 11.8 Å². The molecule has 2 heterocycles. The number of phenols is 2. The topological polar surface area (TPSA) is 110 Å². The summed E-state index contributed by atoms with van der Waals surface area (Å²) >= 11 is 0. The first-order valence-electron chi connectivity index (χ1n) is 13.9. The van der Waals surface area contributed by atoms with E-state index in [2.05, 4.69) is 0 Å². The molecule has 7 heteroatoms. The molecule has 1 unspecified atom stereocenters. The van der Waals surface area contributed by atoms with Crippen LogP contribution in [0.1, 0.15) is 82.8 Å². The Morgan fingerprint density at radius 3 is 2.20 bits per heavy atom. The number of ketones is 2. The van der Waals surface area contributed by atoms with Crippen molar-refractivity contribution in [2.75, 3.05) is 0 Å². The Balaban J connectivity index is 1.82. The number of carbonyl (C=O) groups excluding carboxylic acids is 3. The number of aromatic hydroxyl groups is 2. The van der Waals surface area contributed by atoms with Crippen molar-refractivity contribution >= 4 is 17.9 Å². The van der Waals surface area contributed by atoms with E-state index >= 15 is 0 Å². The zero-order chi connectivity index (χ0) is 29.4. The van der Waals surface area contributed by atoms with Gasteiger partial charge in [0, 0.05) is 35.0 Å². The quantitative estimate of drug-likeness (QED) is 0.258. The molecule has 5 aliphatic rings. The van der Waals surface area contributed by atoms with Crippen LogP contribution < -0.4 is 4.74 Å². The van der Waals surface area contributed by atoms with Gasteiger partial charge in [0.1, 0.15) is 29.1 Å². The lowest BCUT2D eigenvalue weighted by Crippen LogP contribution is -2.72. The summed E-state index contributed by atoms with van der Waals surface area (Å²) in [7, 11) is 0. The van der Waals surface area contributed by atoms with E-state index in [-0.39, 0.29) is 59.3 Å². The van der Waals surface area contributed by atoms with Crippen LogP contribution in [0.15, 0.2) is 46.6 Å². The number of rotatable bonds is 7. The Kier molecular flexibility index (Phi) is 6.53. The molecule has 212 valence electrons. The maximum absolute atomic E-state index is 14.5. The molecule has 2 aliphatic heterocycles. The number of carbonyl (C=O) groups is 3. The van der Waals surface area contributed by atoms with Crippen LogP contribution in [0.4, 0.5) is 0 Å². The molecule has 0 aromatic heterocycles. The van der Waals surface area contributed by atoms with E-state index in [4.69, 9.17) is 9.47 Å².